The van der Waals surface area contributed by atoms with Gasteiger partial charge in [-0.15, -0.1) is 10.2 Å². The van der Waals surface area contributed by atoms with Crippen molar-refractivity contribution in [2.24, 2.45) is 5.92 Å². The van der Waals surface area contributed by atoms with Crippen molar-refractivity contribution in [2.45, 2.75) is 57.9 Å². The van der Waals surface area contributed by atoms with Crippen LogP contribution in [0.4, 0.5) is 4.79 Å². The molecule has 0 fully saturated rings. The van der Waals surface area contributed by atoms with E-state index in [1.165, 1.54) is 11.8 Å². The molecule has 0 spiro atoms. The van der Waals surface area contributed by atoms with E-state index >= 15 is 0 Å². The Bertz CT molecular complexity index is 596. The van der Waals surface area contributed by atoms with Crippen LogP contribution in [0.3, 0.4) is 0 Å². The van der Waals surface area contributed by atoms with Crippen molar-refractivity contribution >= 4 is 23.6 Å². The van der Waals surface area contributed by atoms with E-state index in [9.17, 15) is 9.59 Å². The van der Waals surface area contributed by atoms with E-state index in [2.05, 4.69) is 15.5 Å². The molecule has 1 heterocycles. The molecule has 0 aliphatic rings. The number of Topliss-reactive ketones (excluding diaryl/α,β-unsaturated/α-hetero) is 1. The average Bonchev–Trinajstić information content (AvgIpc) is 2.91. The smallest absolute Gasteiger partial charge is 0.408 e. The van der Waals surface area contributed by atoms with Crippen LogP contribution in [0.25, 0.3) is 0 Å². The van der Waals surface area contributed by atoms with Crippen molar-refractivity contribution in [1.82, 2.24) is 20.4 Å². The SMILES string of the molecule is CC(C)CC(NC(=O)OC(C)(C)C)C(=O)c1nnc(SCCN(C)C)o1. The van der Waals surface area contributed by atoms with Crippen LogP contribution < -0.4 is 5.32 Å². The minimum absolute atomic E-state index is 0.0981. The second-order valence-corrected chi connectivity index (χ2v) is 8.76. The quantitative estimate of drug-likeness (QED) is 0.511. The standard InChI is InChI=1S/C17H30N4O4S/c1-11(2)10-12(18-15(23)25-17(3,4)5)13(22)14-19-20-16(24-14)26-9-8-21(6)7/h11-12H,8-10H2,1-7H3,(H,18,23). The number of hydrogen-bond donors (Lipinski definition) is 1. The maximum absolute atomic E-state index is 12.7. The summed E-state index contributed by atoms with van der Waals surface area (Å²) in [6.07, 6.45) is -0.194. The van der Waals surface area contributed by atoms with Crippen molar-refractivity contribution in [1.29, 1.82) is 0 Å². The van der Waals surface area contributed by atoms with Crippen molar-refractivity contribution in [3.05, 3.63) is 5.89 Å². The zero-order valence-electron chi connectivity index (χ0n) is 16.7. The van der Waals surface area contributed by atoms with Crippen LogP contribution in [0.1, 0.15) is 51.7 Å². The fourth-order valence-electron chi connectivity index (χ4n) is 1.98. The molecule has 0 aromatic carbocycles. The lowest BCUT2D eigenvalue weighted by molar-refractivity contribution is 0.0481. The van der Waals surface area contributed by atoms with Gasteiger partial charge in [0.25, 0.3) is 11.1 Å². The number of hydrogen-bond acceptors (Lipinski definition) is 8. The van der Waals surface area contributed by atoms with Crippen LogP contribution in [-0.2, 0) is 4.74 Å². The minimum Gasteiger partial charge on any atom is -0.444 e. The minimum atomic E-state index is -0.773. The molecule has 1 unspecified atom stereocenters. The Labute approximate surface area is 159 Å². The van der Waals surface area contributed by atoms with Gasteiger partial charge in [-0.2, -0.15) is 0 Å². The highest BCUT2D eigenvalue weighted by molar-refractivity contribution is 7.99. The summed E-state index contributed by atoms with van der Waals surface area (Å²) in [5.41, 5.74) is -0.643. The van der Waals surface area contributed by atoms with E-state index in [0.29, 0.717) is 11.6 Å². The summed E-state index contributed by atoms with van der Waals surface area (Å²) in [7, 11) is 3.95. The van der Waals surface area contributed by atoms with E-state index in [1.54, 1.807) is 20.8 Å². The Morgan fingerprint density at radius 3 is 2.46 bits per heavy atom. The number of nitrogens with zero attached hydrogens (tertiary/aromatic N) is 3. The molecule has 1 atom stereocenters. The first kappa shape index (κ1) is 22.4. The first-order valence-electron chi connectivity index (χ1n) is 8.62. The Balaban J connectivity index is 2.76. The second kappa shape index (κ2) is 9.91. The van der Waals surface area contributed by atoms with Gasteiger partial charge in [0.05, 0.1) is 0 Å². The number of amides is 1. The number of carbonyl (C=O) groups is 2. The lowest BCUT2D eigenvalue weighted by atomic mass is 10.0. The molecule has 1 N–H and O–H groups in total. The number of ketones is 1. The third-order valence-electron chi connectivity index (χ3n) is 3.10. The molecule has 0 aliphatic carbocycles. The summed E-state index contributed by atoms with van der Waals surface area (Å²) >= 11 is 1.39. The zero-order chi connectivity index (χ0) is 19.9. The molecule has 1 amide bonds. The molecular weight excluding hydrogens is 356 g/mol. The normalized spacial score (nSPS) is 13.1. The summed E-state index contributed by atoms with van der Waals surface area (Å²) in [5.74, 6) is 0.459. The van der Waals surface area contributed by atoms with Crippen molar-refractivity contribution in [2.75, 3.05) is 26.4 Å². The fraction of sp³-hybridized carbons (Fsp3) is 0.765. The maximum atomic E-state index is 12.7. The largest absolute Gasteiger partial charge is 0.444 e. The molecule has 9 heteroatoms. The van der Waals surface area contributed by atoms with Gasteiger partial charge in [0.15, 0.2) is 0 Å². The van der Waals surface area contributed by atoms with Crippen LogP contribution in [0, 0.1) is 5.92 Å². The molecule has 0 radical (unpaired) electrons. The van der Waals surface area contributed by atoms with Crippen LogP contribution in [0.15, 0.2) is 9.64 Å². The summed E-state index contributed by atoms with van der Waals surface area (Å²) in [6.45, 7) is 10.1. The molecule has 0 saturated heterocycles. The molecule has 1 aromatic heterocycles. The van der Waals surface area contributed by atoms with Gasteiger partial charge >= 0.3 is 6.09 Å². The Hall–Kier alpha value is -1.61. The summed E-state index contributed by atoms with van der Waals surface area (Å²) in [5, 5.41) is 10.7. The zero-order valence-corrected chi connectivity index (χ0v) is 17.5. The molecule has 148 valence electrons. The number of ether oxygens (including phenoxy) is 1. The van der Waals surface area contributed by atoms with Gasteiger partial charge in [-0.3, -0.25) is 4.79 Å². The predicted molar refractivity (Wildman–Crippen MR) is 101 cm³/mol. The topological polar surface area (TPSA) is 97.6 Å². The number of alkyl carbamates (subject to hydrolysis) is 1. The van der Waals surface area contributed by atoms with Gasteiger partial charge in [0.2, 0.25) is 5.78 Å². The van der Waals surface area contributed by atoms with Gasteiger partial charge in [-0.25, -0.2) is 4.79 Å². The van der Waals surface area contributed by atoms with Crippen LogP contribution in [0.5, 0.6) is 0 Å². The van der Waals surface area contributed by atoms with Gasteiger partial charge in [0, 0.05) is 12.3 Å². The van der Waals surface area contributed by atoms with Crippen LogP contribution in [-0.4, -0.2) is 65.0 Å². The average molecular weight is 387 g/mol. The number of aromatic nitrogens is 2. The number of thioether (sulfide) groups is 1. The lowest BCUT2D eigenvalue weighted by Gasteiger charge is -2.23. The highest BCUT2D eigenvalue weighted by Gasteiger charge is 2.29. The van der Waals surface area contributed by atoms with Crippen molar-refractivity contribution in [3.8, 4) is 0 Å². The van der Waals surface area contributed by atoms with Gasteiger partial charge in [0.1, 0.15) is 11.6 Å². The van der Waals surface area contributed by atoms with Crippen molar-refractivity contribution in [3.63, 3.8) is 0 Å². The molecule has 8 nitrogen and oxygen atoms in total. The molecule has 1 aromatic rings. The summed E-state index contributed by atoms with van der Waals surface area (Å²) in [4.78, 5) is 26.8. The van der Waals surface area contributed by atoms with Gasteiger partial charge < -0.3 is 19.4 Å². The predicted octanol–water partition coefficient (Wildman–Crippen LogP) is 2.85. The Morgan fingerprint density at radius 1 is 1.27 bits per heavy atom. The van der Waals surface area contributed by atoms with E-state index in [-0.39, 0.29) is 11.8 Å². The van der Waals surface area contributed by atoms with E-state index in [4.69, 9.17) is 9.15 Å². The third kappa shape index (κ3) is 8.66. The number of carbonyl (C=O) groups excluding carboxylic acids is 2. The van der Waals surface area contributed by atoms with E-state index in [0.717, 1.165) is 12.3 Å². The van der Waals surface area contributed by atoms with Gasteiger partial charge in [-0.1, -0.05) is 25.6 Å². The van der Waals surface area contributed by atoms with Crippen LogP contribution >= 0.6 is 11.8 Å². The highest BCUT2D eigenvalue weighted by atomic mass is 32.2. The second-order valence-electron chi connectivity index (χ2n) is 7.72. The van der Waals surface area contributed by atoms with Crippen LogP contribution in [0.2, 0.25) is 0 Å². The maximum Gasteiger partial charge on any atom is 0.408 e. The van der Waals surface area contributed by atoms with Gasteiger partial charge in [-0.05, 0) is 47.2 Å². The Morgan fingerprint density at radius 2 is 1.92 bits per heavy atom. The lowest BCUT2D eigenvalue weighted by Crippen LogP contribution is -2.44. The fourth-order valence-corrected chi connectivity index (χ4v) is 2.85. The molecular formula is C17H30N4O4S. The third-order valence-corrected chi connectivity index (χ3v) is 3.89. The first-order chi connectivity index (χ1) is 12.0. The molecule has 0 aliphatic heterocycles. The van der Waals surface area contributed by atoms with Crippen molar-refractivity contribution < 1.29 is 18.7 Å². The molecule has 26 heavy (non-hydrogen) atoms. The number of rotatable bonds is 9. The molecule has 0 bridgehead atoms. The molecule has 1 rings (SSSR count). The summed E-state index contributed by atoms with van der Waals surface area (Å²) in [6, 6.07) is -0.773. The van der Waals surface area contributed by atoms with E-state index in [1.807, 2.05) is 32.8 Å². The number of nitrogens with one attached hydrogen (secondary N) is 1. The first-order valence-corrected chi connectivity index (χ1v) is 9.61. The monoisotopic (exact) mass is 386 g/mol. The van der Waals surface area contributed by atoms with E-state index < -0.39 is 23.5 Å². The summed E-state index contributed by atoms with van der Waals surface area (Å²) < 4.78 is 10.7. The molecule has 0 saturated carbocycles. The highest BCUT2D eigenvalue weighted by Crippen LogP contribution is 2.18. The Kier molecular flexibility index (Phi) is 8.55.